The van der Waals surface area contributed by atoms with Crippen molar-refractivity contribution in [2.75, 3.05) is 13.2 Å². The normalized spacial score (nSPS) is 15.9. The molecule has 1 aliphatic rings. The molecule has 4 aromatic rings. The first-order chi connectivity index (χ1) is 18.5. The molecular weight excluding hydrogens is 521 g/mol. The van der Waals surface area contributed by atoms with Gasteiger partial charge in [-0.25, -0.2) is 4.98 Å². The van der Waals surface area contributed by atoms with Gasteiger partial charge >= 0.3 is 6.18 Å². The second-order valence-corrected chi connectivity index (χ2v) is 16.7. The Morgan fingerprint density at radius 3 is 2.67 bits per heavy atom. The first-order valence-corrected chi connectivity index (χ1v) is 16.6. The Morgan fingerprint density at radius 2 is 1.95 bits per heavy atom. The molecule has 0 saturated heterocycles. The standard InChI is InChI=1S/C29H31F3N4O2Si/c1-19-20(16-33)9-10-25-22(19)15-26(36(25)18-37-13-14-39(2,3)4)24-17-35-11-12-38-27(28(35)34-24)21-7-5-6-8-23(21)29(30,31)32/h5-10,15,17,27H,11-14,18H2,1-4H3. The Hall–Kier alpha value is -3.39. The Bertz CT molecular complexity index is 1560. The molecule has 0 N–H and O–H groups in total. The van der Waals surface area contributed by atoms with Crippen LogP contribution in [0.1, 0.15) is 34.2 Å². The molecule has 1 unspecified atom stereocenters. The van der Waals surface area contributed by atoms with Gasteiger partial charge in [0.05, 0.1) is 35.0 Å². The zero-order valence-corrected chi connectivity index (χ0v) is 23.5. The molecule has 1 aliphatic heterocycles. The van der Waals surface area contributed by atoms with E-state index in [1.54, 1.807) is 12.1 Å². The summed E-state index contributed by atoms with van der Waals surface area (Å²) in [7, 11) is -1.28. The molecule has 2 aromatic heterocycles. The lowest BCUT2D eigenvalue weighted by Crippen LogP contribution is -2.24. The van der Waals surface area contributed by atoms with Crippen LogP contribution in [-0.4, -0.2) is 35.4 Å². The number of fused-ring (bicyclic) bond motifs is 2. The van der Waals surface area contributed by atoms with Gasteiger partial charge in [-0.05, 0) is 42.8 Å². The van der Waals surface area contributed by atoms with E-state index in [9.17, 15) is 18.4 Å². The number of halogens is 3. The fourth-order valence-corrected chi connectivity index (χ4v) is 5.74. The molecule has 6 nitrogen and oxygen atoms in total. The lowest BCUT2D eigenvalue weighted by molar-refractivity contribution is -0.139. The van der Waals surface area contributed by atoms with Crippen LogP contribution in [0.15, 0.2) is 48.7 Å². The lowest BCUT2D eigenvalue weighted by atomic mass is 10.0. The highest BCUT2D eigenvalue weighted by molar-refractivity contribution is 6.76. The number of hydrogen-bond acceptors (Lipinski definition) is 4. The van der Waals surface area contributed by atoms with Gasteiger partial charge in [0.15, 0.2) is 0 Å². The number of aryl methyl sites for hydroxylation is 1. The summed E-state index contributed by atoms with van der Waals surface area (Å²) in [5, 5.41) is 10.5. The summed E-state index contributed by atoms with van der Waals surface area (Å²) in [5.41, 5.74) is 3.09. The molecule has 0 saturated carbocycles. The van der Waals surface area contributed by atoms with Gasteiger partial charge in [-0.1, -0.05) is 37.8 Å². The fourth-order valence-electron chi connectivity index (χ4n) is 4.98. The molecule has 2 aromatic carbocycles. The zero-order valence-electron chi connectivity index (χ0n) is 22.5. The van der Waals surface area contributed by atoms with Gasteiger partial charge in [0.25, 0.3) is 0 Å². The number of benzene rings is 2. The predicted molar refractivity (Wildman–Crippen MR) is 146 cm³/mol. The highest BCUT2D eigenvalue weighted by Crippen LogP contribution is 2.40. The van der Waals surface area contributed by atoms with E-state index in [4.69, 9.17) is 14.5 Å². The number of aromatic nitrogens is 3. The van der Waals surface area contributed by atoms with Crippen LogP contribution in [0.5, 0.6) is 0 Å². The Balaban J connectivity index is 1.58. The van der Waals surface area contributed by atoms with Crippen molar-refractivity contribution >= 4 is 19.0 Å². The summed E-state index contributed by atoms with van der Waals surface area (Å²) < 4.78 is 57.4. The van der Waals surface area contributed by atoms with Crippen molar-refractivity contribution < 1.29 is 22.6 Å². The summed E-state index contributed by atoms with van der Waals surface area (Å²) in [6.45, 7) is 10.5. The quantitative estimate of drug-likeness (QED) is 0.181. The van der Waals surface area contributed by atoms with Gasteiger partial charge in [-0.3, -0.25) is 0 Å². The highest BCUT2D eigenvalue weighted by Gasteiger charge is 2.38. The van der Waals surface area contributed by atoms with E-state index in [2.05, 4.69) is 25.7 Å². The van der Waals surface area contributed by atoms with E-state index in [-0.39, 0.29) is 12.2 Å². The molecule has 1 atom stereocenters. The molecule has 0 bridgehead atoms. The Labute approximate surface area is 226 Å². The molecule has 5 rings (SSSR count). The van der Waals surface area contributed by atoms with Gasteiger partial charge in [0.1, 0.15) is 24.4 Å². The molecular formula is C29H31F3N4O2Si. The fraction of sp³-hybridized carbons (Fsp3) is 0.379. The maximum Gasteiger partial charge on any atom is 0.416 e. The van der Waals surface area contributed by atoms with E-state index < -0.39 is 25.9 Å². The van der Waals surface area contributed by atoms with Crippen molar-refractivity contribution in [3.8, 4) is 17.5 Å². The molecule has 39 heavy (non-hydrogen) atoms. The summed E-state index contributed by atoms with van der Waals surface area (Å²) in [6.07, 6.45) is -3.58. The van der Waals surface area contributed by atoms with Crippen LogP contribution >= 0.6 is 0 Å². The largest absolute Gasteiger partial charge is 0.416 e. The molecule has 0 radical (unpaired) electrons. The van der Waals surface area contributed by atoms with Gasteiger partial charge in [0, 0.05) is 38.4 Å². The van der Waals surface area contributed by atoms with Crippen molar-refractivity contribution in [2.45, 2.75) is 58.2 Å². The average molecular weight is 553 g/mol. The minimum Gasteiger partial charge on any atom is -0.364 e. The zero-order chi connectivity index (χ0) is 27.9. The number of rotatable bonds is 7. The predicted octanol–water partition coefficient (Wildman–Crippen LogP) is 7.14. The van der Waals surface area contributed by atoms with Crippen LogP contribution in [0.2, 0.25) is 25.7 Å². The average Bonchev–Trinajstić information content (AvgIpc) is 3.48. The van der Waals surface area contributed by atoms with Crippen LogP contribution < -0.4 is 0 Å². The molecule has 10 heteroatoms. The first kappa shape index (κ1) is 27.2. The Kier molecular flexibility index (Phi) is 7.18. The first-order valence-electron chi connectivity index (χ1n) is 12.9. The number of nitriles is 1. The molecule has 0 fully saturated rings. The summed E-state index contributed by atoms with van der Waals surface area (Å²) in [4.78, 5) is 4.83. The molecule has 0 spiro atoms. The van der Waals surface area contributed by atoms with Gasteiger partial charge in [-0.2, -0.15) is 18.4 Å². The third-order valence-electron chi connectivity index (χ3n) is 7.16. The second kappa shape index (κ2) is 10.3. The third-order valence-corrected chi connectivity index (χ3v) is 8.87. The number of ether oxygens (including phenoxy) is 2. The van der Waals surface area contributed by atoms with Crippen LogP contribution in [0.4, 0.5) is 13.2 Å². The van der Waals surface area contributed by atoms with Gasteiger partial charge in [-0.15, -0.1) is 0 Å². The molecule has 204 valence electrons. The lowest BCUT2D eigenvalue weighted by Gasteiger charge is -2.26. The number of nitrogens with zero attached hydrogens (tertiary/aromatic N) is 4. The monoisotopic (exact) mass is 552 g/mol. The summed E-state index contributed by atoms with van der Waals surface area (Å²) >= 11 is 0. The van der Waals surface area contributed by atoms with Crippen molar-refractivity contribution in [3.63, 3.8) is 0 Å². The van der Waals surface area contributed by atoms with Gasteiger partial charge < -0.3 is 18.6 Å². The smallest absolute Gasteiger partial charge is 0.364 e. The Morgan fingerprint density at radius 1 is 1.18 bits per heavy atom. The minimum absolute atomic E-state index is 0.0489. The second-order valence-electron chi connectivity index (χ2n) is 11.1. The van der Waals surface area contributed by atoms with Crippen molar-refractivity contribution in [1.29, 1.82) is 5.26 Å². The van der Waals surface area contributed by atoms with E-state index in [1.165, 1.54) is 12.1 Å². The van der Waals surface area contributed by atoms with Crippen LogP contribution in [0.25, 0.3) is 22.3 Å². The number of hydrogen-bond donors (Lipinski definition) is 0. The minimum atomic E-state index is -4.51. The molecule has 0 amide bonds. The maximum absolute atomic E-state index is 13.8. The number of imidazole rings is 1. The van der Waals surface area contributed by atoms with Crippen molar-refractivity contribution in [1.82, 2.24) is 14.1 Å². The number of alkyl halides is 3. The summed E-state index contributed by atoms with van der Waals surface area (Å²) in [5.74, 6) is 0.429. The maximum atomic E-state index is 13.8. The van der Waals surface area contributed by atoms with Crippen LogP contribution in [-0.2, 0) is 28.9 Å². The SMILES string of the molecule is Cc1c(C#N)ccc2c1cc(-c1cn3c(n1)C(c1ccccc1C(F)(F)F)OCC3)n2COCC[Si](C)(C)C. The van der Waals surface area contributed by atoms with Crippen molar-refractivity contribution in [3.05, 3.63) is 76.7 Å². The highest BCUT2D eigenvalue weighted by atomic mass is 28.3. The topological polar surface area (TPSA) is 65.0 Å². The molecule has 0 aliphatic carbocycles. The van der Waals surface area contributed by atoms with Crippen molar-refractivity contribution in [2.24, 2.45) is 0 Å². The van der Waals surface area contributed by atoms with Crippen LogP contribution in [0, 0.1) is 18.3 Å². The van der Waals surface area contributed by atoms with E-state index in [0.717, 1.165) is 34.3 Å². The third kappa shape index (κ3) is 5.39. The summed E-state index contributed by atoms with van der Waals surface area (Å²) in [6, 6.07) is 14.5. The van der Waals surface area contributed by atoms with E-state index >= 15 is 0 Å². The molecule has 3 heterocycles. The van der Waals surface area contributed by atoms with E-state index in [1.807, 2.05) is 34.4 Å². The van der Waals surface area contributed by atoms with Crippen LogP contribution in [0.3, 0.4) is 0 Å². The van der Waals surface area contributed by atoms with Gasteiger partial charge in [0.2, 0.25) is 0 Å². The van der Waals surface area contributed by atoms with E-state index in [0.29, 0.717) is 37.0 Å².